The number of carbonyl (C=O) groups excluding carboxylic acids is 2. The van der Waals surface area contributed by atoms with Crippen molar-refractivity contribution in [3.05, 3.63) is 75.3 Å². The normalized spacial score (nSPS) is 10.3. The molecule has 0 aliphatic heterocycles. The van der Waals surface area contributed by atoms with Gasteiger partial charge in [0.15, 0.2) is 10.9 Å². The second kappa shape index (κ2) is 11.2. The molecule has 0 radical (unpaired) electrons. The monoisotopic (exact) mass is 482 g/mol. The van der Waals surface area contributed by atoms with Crippen LogP contribution in [-0.2, 0) is 9.53 Å². The van der Waals surface area contributed by atoms with Crippen LogP contribution in [0.1, 0.15) is 22.5 Å². The molecular weight excluding hydrogens is 464 g/mol. The fraction of sp³-hybridized carbons (Fsp3) is 0.182. The van der Waals surface area contributed by atoms with Gasteiger partial charge in [0, 0.05) is 40.3 Å². The predicted octanol–water partition coefficient (Wildman–Crippen LogP) is 4.61. The molecule has 1 aromatic heterocycles. The molecule has 9 nitrogen and oxygen atoms in total. The van der Waals surface area contributed by atoms with Crippen molar-refractivity contribution in [1.82, 2.24) is 4.98 Å². The fourth-order valence-corrected chi connectivity index (χ4v) is 4.70. The van der Waals surface area contributed by atoms with Crippen molar-refractivity contribution < 1.29 is 19.2 Å². The summed E-state index contributed by atoms with van der Waals surface area (Å²) in [5, 5.41) is 22.0. The maximum atomic E-state index is 12.8. The Bertz CT molecular complexity index is 1210. The van der Waals surface area contributed by atoms with E-state index >= 15 is 0 Å². The van der Waals surface area contributed by atoms with Crippen LogP contribution in [0.3, 0.4) is 0 Å². The molecule has 0 saturated carbocycles. The highest BCUT2D eigenvalue weighted by molar-refractivity contribution is 8.01. The Morgan fingerprint density at radius 2 is 2.03 bits per heavy atom. The number of ether oxygens (including phenoxy) is 1. The average Bonchev–Trinajstić information content (AvgIpc) is 3.23. The smallest absolute Gasteiger partial charge is 0.340 e. The van der Waals surface area contributed by atoms with Gasteiger partial charge in [-0.05, 0) is 25.1 Å². The minimum Gasteiger partial charge on any atom is -0.452 e. The van der Waals surface area contributed by atoms with E-state index in [-0.39, 0.29) is 24.2 Å². The number of benzene rings is 2. The molecule has 0 unspecified atom stereocenters. The molecule has 0 aliphatic rings. The van der Waals surface area contributed by atoms with E-state index in [0.29, 0.717) is 14.9 Å². The van der Waals surface area contributed by atoms with Gasteiger partial charge >= 0.3 is 5.97 Å². The van der Waals surface area contributed by atoms with E-state index in [1.807, 2.05) is 18.4 Å². The van der Waals surface area contributed by atoms with Crippen LogP contribution in [0.2, 0.25) is 0 Å². The molecular formula is C22H18N4O5S2. The Labute approximate surface area is 197 Å². The first-order chi connectivity index (χ1) is 15.9. The quantitative estimate of drug-likeness (QED) is 0.246. The lowest BCUT2D eigenvalue weighted by Gasteiger charge is -2.21. The van der Waals surface area contributed by atoms with E-state index in [2.05, 4.69) is 4.98 Å². The summed E-state index contributed by atoms with van der Waals surface area (Å²) in [5.41, 5.74) is 1.09. The second-order valence-electron chi connectivity index (χ2n) is 6.66. The average molecular weight is 483 g/mol. The number of aryl methyl sites for hydroxylation is 1. The molecule has 168 valence electrons. The standard InChI is InChI=1S/C22H18N4O5S2/c1-15-14-32-22(24-15)33-19-9-8-17(26(29)30)12-18(19)21(28)31-13-20(27)25(11-5-10-23)16-6-3-2-4-7-16/h2-4,6-9,12,14H,5,11,13H2,1H3. The number of para-hydroxylation sites is 1. The molecule has 33 heavy (non-hydrogen) atoms. The number of anilines is 1. The van der Waals surface area contributed by atoms with Crippen LogP contribution in [0, 0.1) is 28.4 Å². The molecule has 0 saturated heterocycles. The van der Waals surface area contributed by atoms with Gasteiger partial charge in [0.05, 0.1) is 23.0 Å². The second-order valence-corrected chi connectivity index (χ2v) is 8.81. The van der Waals surface area contributed by atoms with E-state index in [0.717, 1.165) is 11.8 Å². The third-order valence-corrected chi connectivity index (χ3v) is 6.46. The topological polar surface area (TPSA) is 126 Å². The first-order valence-corrected chi connectivity index (χ1v) is 11.4. The van der Waals surface area contributed by atoms with Gasteiger partial charge in [-0.25, -0.2) is 9.78 Å². The number of amides is 1. The van der Waals surface area contributed by atoms with Crippen molar-refractivity contribution in [2.75, 3.05) is 18.1 Å². The predicted molar refractivity (Wildman–Crippen MR) is 123 cm³/mol. The number of nitriles is 1. The fourth-order valence-electron chi connectivity index (χ4n) is 2.80. The SMILES string of the molecule is Cc1csc(Sc2ccc([N+](=O)[O-])cc2C(=O)OCC(=O)N(CCC#N)c2ccccc2)n1. The maximum Gasteiger partial charge on any atom is 0.340 e. The van der Waals surface area contributed by atoms with E-state index in [1.165, 1.54) is 40.1 Å². The van der Waals surface area contributed by atoms with Gasteiger partial charge < -0.3 is 9.64 Å². The van der Waals surface area contributed by atoms with E-state index in [9.17, 15) is 19.7 Å². The number of nitrogens with zero attached hydrogens (tertiary/aromatic N) is 4. The third kappa shape index (κ3) is 6.38. The summed E-state index contributed by atoms with van der Waals surface area (Å²) in [6.07, 6.45) is 0.105. The van der Waals surface area contributed by atoms with Crippen LogP contribution in [0.4, 0.5) is 11.4 Å². The number of thiazole rings is 1. The highest BCUT2D eigenvalue weighted by atomic mass is 32.2. The van der Waals surface area contributed by atoms with E-state index in [1.54, 1.807) is 30.3 Å². The lowest BCUT2D eigenvalue weighted by Crippen LogP contribution is -2.35. The van der Waals surface area contributed by atoms with Gasteiger partial charge in [-0.3, -0.25) is 14.9 Å². The molecule has 0 N–H and O–H groups in total. The number of nitro benzene ring substituents is 1. The molecule has 0 spiro atoms. The van der Waals surface area contributed by atoms with Gasteiger partial charge in [-0.15, -0.1) is 11.3 Å². The van der Waals surface area contributed by atoms with Gasteiger partial charge in [0.1, 0.15) is 0 Å². The van der Waals surface area contributed by atoms with E-state index < -0.39 is 23.4 Å². The summed E-state index contributed by atoms with van der Waals surface area (Å²) in [6, 6.07) is 14.6. The molecule has 0 bridgehead atoms. The Kier molecular flexibility index (Phi) is 8.12. The van der Waals surface area contributed by atoms with Crippen molar-refractivity contribution in [3.8, 4) is 6.07 Å². The number of aromatic nitrogens is 1. The molecule has 0 fully saturated rings. The summed E-state index contributed by atoms with van der Waals surface area (Å²) in [7, 11) is 0. The Morgan fingerprint density at radius 3 is 2.67 bits per heavy atom. The first kappa shape index (κ1) is 23.9. The number of rotatable bonds is 9. The van der Waals surface area contributed by atoms with Gasteiger partial charge in [-0.2, -0.15) is 5.26 Å². The zero-order valence-corrected chi connectivity index (χ0v) is 19.1. The first-order valence-electron chi connectivity index (χ1n) is 9.67. The molecule has 3 aromatic rings. The summed E-state index contributed by atoms with van der Waals surface area (Å²) >= 11 is 2.57. The number of carbonyl (C=O) groups is 2. The molecule has 1 amide bonds. The molecule has 3 rings (SSSR count). The van der Waals surface area contributed by atoms with Gasteiger partial charge in [-0.1, -0.05) is 30.0 Å². The molecule has 1 heterocycles. The molecule has 0 aliphatic carbocycles. The van der Waals surface area contributed by atoms with Crippen molar-refractivity contribution >= 4 is 46.3 Å². The van der Waals surface area contributed by atoms with Crippen molar-refractivity contribution in [3.63, 3.8) is 0 Å². The van der Waals surface area contributed by atoms with Crippen molar-refractivity contribution in [1.29, 1.82) is 5.26 Å². The number of nitro groups is 1. The van der Waals surface area contributed by atoms with Gasteiger partial charge in [0.2, 0.25) is 0 Å². The minimum absolute atomic E-state index is 0.0295. The van der Waals surface area contributed by atoms with Gasteiger partial charge in [0.25, 0.3) is 11.6 Å². The van der Waals surface area contributed by atoms with Crippen LogP contribution in [0.5, 0.6) is 0 Å². The highest BCUT2D eigenvalue weighted by Gasteiger charge is 2.22. The molecule has 0 atom stereocenters. The Morgan fingerprint density at radius 1 is 1.27 bits per heavy atom. The summed E-state index contributed by atoms with van der Waals surface area (Å²) in [4.78, 5) is 42.3. The summed E-state index contributed by atoms with van der Waals surface area (Å²) in [6.45, 7) is 1.39. The highest BCUT2D eigenvalue weighted by Crippen LogP contribution is 2.34. The minimum atomic E-state index is -0.865. The van der Waals surface area contributed by atoms with Crippen LogP contribution in [-0.4, -0.2) is 34.9 Å². The Hall–Kier alpha value is -3.75. The number of hydrogen-bond acceptors (Lipinski definition) is 9. The molecule has 2 aromatic carbocycles. The zero-order chi connectivity index (χ0) is 23.8. The van der Waals surface area contributed by atoms with Crippen LogP contribution in [0.25, 0.3) is 0 Å². The lowest BCUT2D eigenvalue weighted by molar-refractivity contribution is -0.384. The number of non-ortho nitro benzene ring substituents is 1. The van der Waals surface area contributed by atoms with Crippen molar-refractivity contribution in [2.24, 2.45) is 0 Å². The van der Waals surface area contributed by atoms with Crippen LogP contribution < -0.4 is 4.90 Å². The van der Waals surface area contributed by atoms with Crippen molar-refractivity contribution in [2.45, 2.75) is 22.6 Å². The Balaban J connectivity index is 1.79. The lowest BCUT2D eigenvalue weighted by atomic mass is 10.2. The maximum absolute atomic E-state index is 12.8. The van der Waals surface area contributed by atoms with Crippen LogP contribution in [0.15, 0.2) is 63.1 Å². The summed E-state index contributed by atoms with van der Waals surface area (Å²) in [5.74, 6) is -1.38. The number of hydrogen-bond donors (Lipinski definition) is 0. The zero-order valence-electron chi connectivity index (χ0n) is 17.5. The summed E-state index contributed by atoms with van der Waals surface area (Å²) < 4.78 is 5.89. The van der Waals surface area contributed by atoms with Crippen LogP contribution >= 0.6 is 23.1 Å². The number of esters is 1. The largest absolute Gasteiger partial charge is 0.452 e. The van der Waals surface area contributed by atoms with E-state index in [4.69, 9.17) is 10.00 Å². The third-order valence-electron chi connectivity index (χ3n) is 4.33. The molecule has 11 heteroatoms.